The van der Waals surface area contributed by atoms with Gasteiger partial charge in [-0.25, -0.2) is 0 Å². The molecule has 1 saturated heterocycles. The van der Waals surface area contributed by atoms with Crippen LogP contribution in [0.15, 0.2) is 18.5 Å². The van der Waals surface area contributed by atoms with Crippen molar-refractivity contribution < 1.29 is 4.79 Å². The maximum atomic E-state index is 10.9. The van der Waals surface area contributed by atoms with Gasteiger partial charge >= 0.3 is 0 Å². The lowest BCUT2D eigenvalue weighted by atomic mass is 9.96. The molecular formula is C10H15N3O. The lowest BCUT2D eigenvalue weighted by Gasteiger charge is -2.31. The van der Waals surface area contributed by atoms with Gasteiger partial charge in [0, 0.05) is 31.4 Å². The van der Waals surface area contributed by atoms with Gasteiger partial charge in [-0.2, -0.15) is 0 Å². The number of H-pyrrole nitrogens is 1. The third kappa shape index (κ3) is 1.73. The summed E-state index contributed by atoms with van der Waals surface area (Å²) < 4.78 is 0. The van der Waals surface area contributed by atoms with Crippen molar-refractivity contribution >= 4 is 11.6 Å². The minimum Gasteiger partial charge on any atom is -0.370 e. The van der Waals surface area contributed by atoms with Gasteiger partial charge in [0.15, 0.2) is 0 Å². The number of hydrogen-bond acceptors (Lipinski definition) is 2. The molecule has 0 unspecified atom stereocenters. The Morgan fingerprint density at radius 1 is 1.50 bits per heavy atom. The van der Waals surface area contributed by atoms with E-state index in [4.69, 9.17) is 5.73 Å². The Balaban J connectivity index is 1.93. The molecule has 1 aromatic rings. The van der Waals surface area contributed by atoms with Crippen LogP contribution in [0, 0.1) is 5.92 Å². The predicted octanol–water partition coefficient (Wildman–Crippen LogP) is 0.716. The van der Waals surface area contributed by atoms with Crippen LogP contribution in [0.3, 0.4) is 0 Å². The number of nitrogens with one attached hydrogen (secondary N) is 1. The highest BCUT2D eigenvalue weighted by Crippen LogP contribution is 2.22. The number of anilines is 1. The van der Waals surface area contributed by atoms with Crippen LogP contribution in [-0.2, 0) is 4.79 Å². The fourth-order valence-corrected chi connectivity index (χ4v) is 1.93. The monoisotopic (exact) mass is 193 g/mol. The third-order valence-corrected chi connectivity index (χ3v) is 2.84. The SMILES string of the molecule is NC(=O)C1CCN(c2cc[nH]c2)CC1. The van der Waals surface area contributed by atoms with Crippen molar-refractivity contribution in [2.75, 3.05) is 18.0 Å². The minimum absolute atomic E-state index is 0.0743. The van der Waals surface area contributed by atoms with Gasteiger partial charge in [-0.1, -0.05) is 0 Å². The van der Waals surface area contributed by atoms with Gasteiger partial charge in [0.25, 0.3) is 0 Å². The number of nitrogens with zero attached hydrogens (tertiary/aromatic N) is 1. The average Bonchev–Trinajstić information content (AvgIpc) is 2.71. The van der Waals surface area contributed by atoms with Crippen LogP contribution in [0.5, 0.6) is 0 Å². The summed E-state index contributed by atoms with van der Waals surface area (Å²) in [4.78, 5) is 16.2. The summed E-state index contributed by atoms with van der Waals surface area (Å²) in [5.41, 5.74) is 6.47. The molecule has 0 aromatic carbocycles. The summed E-state index contributed by atoms with van der Waals surface area (Å²) in [6.45, 7) is 1.84. The Morgan fingerprint density at radius 2 is 2.21 bits per heavy atom. The molecule has 0 bridgehead atoms. The minimum atomic E-state index is -0.154. The molecule has 0 saturated carbocycles. The van der Waals surface area contributed by atoms with E-state index < -0.39 is 0 Å². The molecule has 0 aliphatic carbocycles. The average molecular weight is 193 g/mol. The topological polar surface area (TPSA) is 62.1 Å². The number of primary amides is 1. The Hall–Kier alpha value is -1.45. The van der Waals surface area contributed by atoms with E-state index in [9.17, 15) is 4.79 Å². The van der Waals surface area contributed by atoms with Gasteiger partial charge in [0.1, 0.15) is 0 Å². The van der Waals surface area contributed by atoms with Crippen LogP contribution in [-0.4, -0.2) is 24.0 Å². The molecule has 0 spiro atoms. The first-order valence-electron chi connectivity index (χ1n) is 4.94. The molecule has 1 amide bonds. The molecule has 4 heteroatoms. The second-order valence-corrected chi connectivity index (χ2v) is 3.73. The summed E-state index contributed by atoms with van der Waals surface area (Å²) in [5, 5.41) is 0. The number of piperidine rings is 1. The highest BCUT2D eigenvalue weighted by Gasteiger charge is 2.23. The molecule has 1 fully saturated rings. The van der Waals surface area contributed by atoms with Crippen LogP contribution in [0.2, 0.25) is 0 Å². The highest BCUT2D eigenvalue weighted by atomic mass is 16.1. The van der Waals surface area contributed by atoms with Crippen molar-refractivity contribution in [1.82, 2.24) is 4.98 Å². The van der Waals surface area contributed by atoms with Crippen molar-refractivity contribution in [3.63, 3.8) is 0 Å². The van der Waals surface area contributed by atoms with Gasteiger partial charge in [-0.15, -0.1) is 0 Å². The van der Waals surface area contributed by atoms with E-state index in [1.165, 1.54) is 5.69 Å². The first kappa shape index (κ1) is 9.12. The van der Waals surface area contributed by atoms with Gasteiger partial charge in [-0.3, -0.25) is 4.79 Å². The Labute approximate surface area is 83.1 Å². The van der Waals surface area contributed by atoms with E-state index in [0.29, 0.717) is 0 Å². The van der Waals surface area contributed by atoms with Crippen LogP contribution in [0.1, 0.15) is 12.8 Å². The molecule has 76 valence electrons. The Morgan fingerprint density at radius 3 is 2.71 bits per heavy atom. The van der Waals surface area contributed by atoms with E-state index in [1.54, 1.807) is 0 Å². The molecular weight excluding hydrogens is 178 g/mol. The predicted molar refractivity (Wildman–Crippen MR) is 54.9 cm³/mol. The van der Waals surface area contributed by atoms with Crippen LogP contribution >= 0.6 is 0 Å². The Kier molecular flexibility index (Phi) is 2.43. The third-order valence-electron chi connectivity index (χ3n) is 2.84. The molecule has 2 heterocycles. The second kappa shape index (κ2) is 3.74. The summed E-state index contributed by atoms with van der Waals surface area (Å²) >= 11 is 0. The fraction of sp³-hybridized carbons (Fsp3) is 0.500. The molecule has 4 nitrogen and oxygen atoms in total. The van der Waals surface area contributed by atoms with Crippen molar-refractivity contribution in [3.05, 3.63) is 18.5 Å². The molecule has 1 aromatic heterocycles. The number of carbonyl (C=O) groups is 1. The maximum absolute atomic E-state index is 10.9. The largest absolute Gasteiger partial charge is 0.370 e. The second-order valence-electron chi connectivity index (χ2n) is 3.73. The molecule has 0 atom stereocenters. The molecule has 2 rings (SSSR count). The first-order chi connectivity index (χ1) is 6.77. The number of aromatic nitrogens is 1. The molecule has 1 aliphatic heterocycles. The van der Waals surface area contributed by atoms with E-state index in [1.807, 2.05) is 18.5 Å². The molecule has 1 aliphatic rings. The maximum Gasteiger partial charge on any atom is 0.220 e. The molecule has 0 radical (unpaired) electrons. The quantitative estimate of drug-likeness (QED) is 0.726. The van der Waals surface area contributed by atoms with E-state index in [-0.39, 0.29) is 11.8 Å². The zero-order chi connectivity index (χ0) is 9.97. The zero-order valence-corrected chi connectivity index (χ0v) is 8.07. The van der Waals surface area contributed by atoms with Gasteiger partial charge in [0.2, 0.25) is 5.91 Å². The lowest BCUT2D eigenvalue weighted by Crippen LogP contribution is -2.38. The highest BCUT2D eigenvalue weighted by molar-refractivity contribution is 5.77. The van der Waals surface area contributed by atoms with E-state index in [0.717, 1.165) is 25.9 Å². The first-order valence-corrected chi connectivity index (χ1v) is 4.94. The molecule has 14 heavy (non-hydrogen) atoms. The number of nitrogens with two attached hydrogens (primary N) is 1. The van der Waals surface area contributed by atoms with Crippen molar-refractivity contribution in [3.8, 4) is 0 Å². The van der Waals surface area contributed by atoms with Crippen molar-refractivity contribution in [2.45, 2.75) is 12.8 Å². The summed E-state index contributed by atoms with van der Waals surface area (Å²) in [6.07, 6.45) is 5.64. The number of amides is 1. The summed E-state index contributed by atoms with van der Waals surface area (Å²) in [6, 6.07) is 2.05. The fourth-order valence-electron chi connectivity index (χ4n) is 1.93. The lowest BCUT2D eigenvalue weighted by molar-refractivity contribution is -0.122. The standard InChI is InChI=1S/C10H15N3O/c11-10(14)8-2-5-13(6-3-8)9-1-4-12-7-9/h1,4,7-8,12H,2-3,5-6H2,(H2,11,14). The zero-order valence-electron chi connectivity index (χ0n) is 8.07. The van der Waals surface area contributed by atoms with Gasteiger partial charge in [-0.05, 0) is 18.9 Å². The van der Waals surface area contributed by atoms with Gasteiger partial charge in [0.05, 0.1) is 5.69 Å². The van der Waals surface area contributed by atoms with E-state index >= 15 is 0 Å². The van der Waals surface area contributed by atoms with Crippen molar-refractivity contribution in [2.24, 2.45) is 11.7 Å². The van der Waals surface area contributed by atoms with Crippen LogP contribution < -0.4 is 10.6 Å². The number of carbonyl (C=O) groups excluding carboxylic acids is 1. The van der Waals surface area contributed by atoms with Gasteiger partial charge < -0.3 is 15.6 Å². The normalized spacial score (nSPS) is 18.4. The number of hydrogen-bond donors (Lipinski definition) is 2. The van der Waals surface area contributed by atoms with Crippen LogP contribution in [0.25, 0.3) is 0 Å². The number of rotatable bonds is 2. The summed E-state index contributed by atoms with van der Waals surface area (Å²) in [7, 11) is 0. The summed E-state index contributed by atoms with van der Waals surface area (Å²) in [5.74, 6) is -0.0797. The number of aromatic amines is 1. The van der Waals surface area contributed by atoms with E-state index in [2.05, 4.69) is 9.88 Å². The van der Waals surface area contributed by atoms with Crippen molar-refractivity contribution in [1.29, 1.82) is 0 Å². The Bertz CT molecular complexity index is 299. The molecule has 3 N–H and O–H groups in total. The van der Waals surface area contributed by atoms with Crippen LogP contribution in [0.4, 0.5) is 5.69 Å². The smallest absolute Gasteiger partial charge is 0.220 e.